The lowest BCUT2D eigenvalue weighted by atomic mass is 9.98. The normalized spacial score (nSPS) is 11.7. The first-order valence-electron chi connectivity index (χ1n) is 12.2. The monoisotopic (exact) mass is 535 g/mol. The summed E-state index contributed by atoms with van der Waals surface area (Å²) >= 11 is 6.23. The highest BCUT2D eigenvalue weighted by molar-refractivity contribution is 6.31. The Hall–Kier alpha value is -3.97. The number of aromatic nitrogens is 1. The van der Waals surface area contributed by atoms with Gasteiger partial charge in [0.2, 0.25) is 0 Å². The summed E-state index contributed by atoms with van der Waals surface area (Å²) in [4.78, 5) is 24.6. The van der Waals surface area contributed by atoms with E-state index in [0.717, 1.165) is 22.3 Å². The molecule has 0 N–H and O–H groups in total. The van der Waals surface area contributed by atoms with E-state index in [1.165, 1.54) is 6.07 Å². The molecule has 6 nitrogen and oxygen atoms in total. The van der Waals surface area contributed by atoms with E-state index in [1.807, 2.05) is 42.5 Å². The van der Waals surface area contributed by atoms with Crippen molar-refractivity contribution in [1.29, 1.82) is 0 Å². The predicted molar refractivity (Wildman–Crippen MR) is 142 cm³/mol. The quantitative estimate of drug-likeness (QED) is 0.213. The van der Waals surface area contributed by atoms with Gasteiger partial charge in [-0.1, -0.05) is 65.3 Å². The molecule has 38 heavy (non-hydrogen) atoms. The number of rotatable bonds is 9. The van der Waals surface area contributed by atoms with Crippen molar-refractivity contribution in [3.05, 3.63) is 100.0 Å². The number of carbonyl (C=O) groups is 2. The van der Waals surface area contributed by atoms with Crippen molar-refractivity contribution in [2.75, 3.05) is 6.61 Å². The fourth-order valence-electron chi connectivity index (χ4n) is 4.15. The summed E-state index contributed by atoms with van der Waals surface area (Å²) in [6.45, 7) is 5.48. The number of aryl methyl sites for hydroxylation is 1. The topological polar surface area (TPSA) is 78.6 Å². The predicted octanol–water partition coefficient (Wildman–Crippen LogP) is 7.06. The zero-order valence-electron chi connectivity index (χ0n) is 21.3. The van der Waals surface area contributed by atoms with Gasteiger partial charge in [0.05, 0.1) is 25.1 Å². The van der Waals surface area contributed by atoms with Crippen LogP contribution in [0, 0.1) is 12.7 Å². The van der Waals surface area contributed by atoms with Gasteiger partial charge in [0.15, 0.2) is 5.76 Å². The van der Waals surface area contributed by atoms with Gasteiger partial charge >= 0.3 is 11.9 Å². The van der Waals surface area contributed by atoms with Crippen molar-refractivity contribution in [3.63, 3.8) is 0 Å². The molecule has 196 valence electrons. The standard InChI is InChI=1S/C30H27ClFNO5/c1-4-36-28(34)16-23-15-22(13-14-27(23)32)20-9-11-21(12-10-20)30-25(18(2)33-38-30)17-29(35)37-19(3)24-7-5-6-8-26(24)31/h5-15,19H,4,16-17H2,1-3H3. The molecule has 1 aromatic heterocycles. The Morgan fingerprint density at radius 3 is 2.37 bits per heavy atom. The maximum atomic E-state index is 14.2. The lowest BCUT2D eigenvalue weighted by Crippen LogP contribution is -2.12. The number of esters is 2. The van der Waals surface area contributed by atoms with E-state index in [4.69, 9.17) is 25.6 Å². The van der Waals surface area contributed by atoms with E-state index < -0.39 is 23.9 Å². The molecule has 8 heteroatoms. The Bertz CT molecular complexity index is 1450. The number of benzene rings is 3. The van der Waals surface area contributed by atoms with Gasteiger partial charge in [-0.3, -0.25) is 9.59 Å². The molecule has 0 amide bonds. The van der Waals surface area contributed by atoms with Gasteiger partial charge in [0.1, 0.15) is 11.9 Å². The van der Waals surface area contributed by atoms with Crippen LogP contribution < -0.4 is 0 Å². The summed E-state index contributed by atoms with van der Waals surface area (Å²) in [7, 11) is 0. The molecule has 1 heterocycles. The molecule has 0 aliphatic heterocycles. The van der Waals surface area contributed by atoms with Crippen molar-refractivity contribution < 1.29 is 28.0 Å². The second kappa shape index (κ2) is 12.0. The molecule has 0 bridgehead atoms. The molecule has 0 radical (unpaired) electrons. The zero-order chi connectivity index (χ0) is 27.2. The first-order chi connectivity index (χ1) is 18.3. The van der Waals surface area contributed by atoms with E-state index in [9.17, 15) is 14.0 Å². The second-order valence-corrected chi connectivity index (χ2v) is 9.18. The third-order valence-electron chi connectivity index (χ3n) is 6.12. The summed E-state index contributed by atoms with van der Waals surface area (Å²) in [5, 5.41) is 4.58. The van der Waals surface area contributed by atoms with E-state index in [-0.39, 0.29) is 25.0 Å². The average molecular weight is 536 g/mol. The summed E-state index contributed by atoms with van der Waals surface area (Å²) in [6, 6.07) is 19.2. The molecule has 3 aromatic carbocycles. The molecule has 1 unspecified atom stereocenters. The van der Waals surface area contributed by atoms with Gasteiger partial charge in [0, 0.05) is 21.7 Å². The van der Waals surface area contributed by atoms with Crippen molar-refractivity contribution in [3.8, 4) is 22.5 Å². The van der Waals surface area contributed by atoms with Crippen LogP contribution in [0.5, 0.6) is 0 Å². The molecule has 0 saturated heterocycles. The summed E-state index contributed by atoms with van der Waals surface area (Å²) in [6.07, 6.45) is -0.669. The lowest BCUT2D eigenvalue weighted by Gasteiger charge is -2.15. The number of nitrogens with zero attached hydrogens (tertiary/aromatic N) is 1. The van der Waals surface area contributed by atoms with Crippen LogP contribution in [0.4, 0.5) is 4.39 Å². The Labute approximate surface area is 225 Å². The molecular weight excluding hydrogens is 509 g/mol. The first-order valence-corrected chi connectivity index (χ1v) is 12.6. The van der Waals surface area contributed by atoms with Crippen molar-refractivity contribution in [2.24, 2.45) is 0 Å². The highest BCUT2D eigenvalue weighted by Gasteiger charge is 2.21. The maximum absolute atomic E-state index is 14.2. The molecule has 4 aromatic rings. The first kappa shape index (κ1) is 27.1. The van der Waals surface area contributed by atoms with Gasteiger partial charge in [-0.05, 0) is 55.7 Å². The highest BCUT2D eigenvalue weighted by Crippen LogP contribution is 2.31. The van der Waals surface area contributed by atoms with E-state index in [2.05, 4.69) is 5.16 Å². The molecule has 0 saturated carbocycles. The molecule has 1 atom stereocenters. The number of hydrogen-bond acceptors (Lipinski definition) is 6. The van der Waals surface area contributed by atoms with Crippen molar-refractivity contribution >= 4 is 23.5 Å². The third-order valence-corrected chi connectivity index (χ3v) is 6.47. The Balaban J connectivity index is 1.50. The smallest absolute Gasteiger partial charge is 0.311 e. The van der Waals surface area contributed by atoms with E-state index in [1.54, 1.807) is 39.0 Å². The van der Waals surface area contributed by atoms with E-state index >= 15 is 0 Å². The van der Waals surface area contributed by atoms with Crippen molar-refractivity contribution in [2.45, 2.75) is 39.7 Å². The number of halogens is 2. The highest BCUT2D eigenvalue weighted by atomic mass is 35.5. The average Bonchev–Trinajstić information content (AvgIpc) is 3.25. The van der Waals surface area contributed by atoms with Crippen LogP contribution in [-0.2, 0) is 31.9 Å². The Morgan fingerprint density at radius 2 is 1.66 bits per heavy atom. The van der Waals surface area contributed by atoms with Crippen molar-refractivity contribution in [1.82, 2.24) is 5.16 Å². The van der Waals surface area contributed by atoms with Gasteiger partial charge in [-0.15, -0.1) is 0 Å². The summed E-state index contributed by atoms with van der Waals surface area (Å²) in [5.74, 6) is -0.900. The second-order valence-electron chi connectivity index (χ2n) is 8.77. The summed E-state index contributed by atoms with van der Waals surface area (Å²) < 4.78 is 30.4. The number of hydrogen-bond donors (Lipinski definition) is 0. The Kier molecular flexibility index (Phi) is 8.59. The minimum Gasteiger partial charge on any atom is -0.466 e. The van der Waals surface area contributed by atoms with Gasteiger partial charge in [-0.2, -0.15) is 0 Å². The Morgan fingerprint density at radius 1 is 0.974 bits per heavy atom. The molecule has 0 spiro atoms. The molecule has 4 rings (SSSR count). The molecule has 0 fully saturated rings. The van der Waals surface area contributed by atoms with Crippen LogP contribution in [0.15, 0.2) is 71.3 Å². The zero-order valence-corrected chi connectivity index (χ0v) is 22.0. The van der Waals surface area contributed by atoms with Crippen LogP contribution >= 0.6 is 11.6 Å². The lowest BCUT2D eigenvalue weighted by molar-refractivity contribution is -0.147. The fourth-order valence-corrected chi connectivity index (χ4v) is 4.44. The minimum absolute atomic E-state index is 0.0175. The summed E-state index contributed by atoms with van der Waals surface area (Å²) in [5.41, 5.74) is 4.52. The van der Waals surface area contributed by atoms with Crippen LogP contribution in [0.1, 0.15) is 42.3 Å². The van der Waals surface area contributed by atoms with Gasteiger partial charge in [-0.25, -0.2) is 4.39 Å². The van der Waals surface area contributed by atoms with Gasteiger partial charge in [0.25, 0.3) is 0 Å². The minimum atomic E-state index is -0.511. The van der Waals surface area contributed by atoms with Crippen LogP contribution in [0.25, 0.3) is 22.5 Å². The fraction of sp³-hybridized carbons (Fsp3) is 0.233. The van der Waals surface area contributed by atoms with Crippen LogP contribution in [0.2, 0.25) is 5.02 Å². The van der Waals surface area contributed by atoms with Crippen LogP contribution in [0.3, 0.4) is 0 Å². The molecule has 0 aliphatic rings. The number of ether oxygens (including phenoxy) is 2. The molecular formula is C30H27ClFNO5. The van der Waals surface area contributed by atoms with Crippen LogP contribution in [-0.4, -0.2) is 23.7 Å². The maximum Gasteiger partial charge on any atom is 0.311 e. The third kappa shape index (κ3) is 6.29. The SMILES string of the molecule is CCOC(=O)Cc1cc(-c2ccc(-c3onc(C)c3CC(=O)OC(C)c3ccccc3Cl)cc2)ccc1F. The largest absolute Gasteiger partial charge is 0.466 e. The molecule has 0 aliphatic carbocycles. The number of carbonyl (C=O) groups excluding carboxylic acids is 2. The van der Waals surface area contributed by atoms with E-state index in [0.29, 0.717) is 22.0 Å². The van der Waals surface area contributed by atoms with Gasteiger partial charge < -0.3 is 14.0 Å².